The Morgan fingerprint density at radius 2 is 2.02 bits per heavy atom. The largest absolute Gasteiger partial charge is 0.350 e. The standard InChI is InChI=1S/C28H29BrFN5O4S/c1-3-11-28(32-26(36)19-14-21(19)30)12-9-17(10-13-28)35-24-22(33(2)27(35)37)15-31-25-23(24)20(29)16-34(25)40(38,39)18-7-5-4-6-8-18/h3-8,15-17,19,21H,1,9-14H2,2H3,(H,32,36)/t17?,19-,21+,28?/m0/s1/i2D3. The molecule has 2 saturated carbocycles. The number of hydrogen-bond donors (Lipinski definition) is 1. The first-order valence-electron chi connectivity index (χ1n) is 14.5. The van der Waals surface area contributed by atoms with E-state index in [4.69, 9.17) is 4.11 Å². The second-order valence-corrected chi connectivity index (χ2v) is 13.3. The van der Waals surface area contributed by atoms with Crippen LogP contribution in [0.2, 0.25) is 0 Å². The van der Waals surface area contributed by atoms with Gasteiger partial charge in [-0.2, -0.15) is 0 Å². The second-order valence-electron chi connectivity index (χ2n) is 10.6. The highest BCUT2D eigenvalue weighted by atomic mass is 79.9. The van der Waals surface area contributed by atoms with Gasteiger partial charge in [0.15, 0.2) is 5.65 Å². The maximum atomic E-state index is 13.9. The lowest BCUT2D eigenvalue weighted by molar-refractivity contribution is -0.125. The molecule has 0 bridgehead atoms. The summed E-state index contributed by atoms with van der Waals surface area (Å²) in [5, 5.41) is 3.32. The molecule has 3 aromatic heterocycles. The Labute approximate surface area is 243 Å². The molecule has 0 radical (unpaired) electrons. The molecule has 4 aromatic rings. The van der Waals surface area contributed by atoms with Crippen molar-refractivity contribution < 1.29 is 21.7 Å². The van der Waals surface area contributed by atoms with E-state index in [0.29, 0.717) is 41.1 Å². The molecule has 9 nitrogen and oxygen atoms in total. The highest BCUT2D eigenvalue weighted by molar-refractivity contribution is 9.10. The lowest BCUT2D eigenvalue weighted by atomic mass is 9.77. The van der Waals surface area contributed by atoms with Crippen molar-refractivity contribution in [1.29, 1.82) is 0 Å². The van der Waals surface area contributed by atoms with Gasteiger partial charge in [0.05, 0.1) is 33.4 Å². The van der Waals surface area contributed by atoms with Crippen molar-refractivity contribution >= 4 is 53.9 Å². The molecule has 0 unspecified atom stereocenters. The fraction of sp³-hybridized carbons (Fsp3) is 0.393. The molecule has 2 fully saturated rings. The number of aryl methyl sites for hydroxylation is 1. The molecule has 12 heteroatoms. The number of nitrogens with one attached hydrogen (secondary N) is 1. The quantitative estimate of drug-likeness (QED) is 0.300. The minimum Gasteiger partial charge on any atom is -0.350 e. The first-order valence-corrected chi connectivity index (χ1v) is 15.2. The highest BCUT2D eigenvalue weighted by Crippen LogP contribution is 2.42. The average molecular weight is 634 g/mol. The van der Waals surface area contributed by atoms with E-state index in [1.54, 1.807) is 24.3 Å². The number of hydrogen-bond acceptors (Lipinski definition) is 5. The van der Waals surface area contributed by atoms with Crippen molar-refractivity contribution in [2.24, 2.45) is 12.9 Å². The van der Waals surface area contributed by atoms with Crippen molar-refractivity contribution in [3.63, 3.8) is 0 Å². The zero-order chi connectivity index (χ0) is 30.9. The number of imidazole rings is 1. The number of pyridine rings is 1. The molecular weight excluding hydrogens is 601 g/mol. The van der Waals surface area contributed by atoms with Crippen molar-refractivity contribution in [3.8, 4) is 0 Å². The van der Waals surface area contributed by atoms with E-state index < -0.39 is 46.4 Å². The molecule has 6 rings (SSSR count). The van der Waals surface area contributed by atoms with Crippen molar-refractivity contribution in [3.05, 3.63) is 70.3 Å². The van der Waals surface area contributed by atoms with Gasteiger partial charge in [0.25, 0.3) is 10.0 Å². The molecule has 3 heterocycles. The average Bonchev–Trinajstić information content (AvgIpc) is 3.47. The van der Waals surface area contributed by atoms with Gasteiger partial charge >= 0.3 is 5.69 Å². The summed E-state index contributed by atoms with van der Waals surface area (Å²) in [6, 6.07) is 7.36. The summed E-state index contributed by atoms with van der Waals surface area (Å²) in [6.07, 6.45) is 5.52. The number of carbonyl (C=O) groups excluding carboxylic acids is 1. The molecule has 2 atom stereocenters. The number of alkyl halides is 1. The van der Waals surface area contributed by atoms with Crippen LogP contribution in [0, 0.1) is 5.92 Å². The van der Waals surface area contributed by atoms with Gasteiger partial charge in [0.1, 0.15) is 6.17 Å². The smallest absolute Gasteiger partial charge is 0.329 e. The zero-order valence-corrected chi connectivity index (χ0v) is 23.8. The number of halogens is 2. The van der Waals surface area contributed by atoms with Crippen LogP contribution in [0.3, 0.4) is 0 Å². The van der Waals surface area contributed by atoms with E-state index in [2.05, 4.69) is 32.8 Å². The van der Waals surface area contributed by atoms with Gasteiger partial charge in [0, 0.05) is 33.3 Å². The van der Waals surface area contributed by atoms with Crippen LogP contribution in [-0.4, -0.2) is 44.1 Å². The number of aromatic nitrogens is 4. The molecule has 0 saturated heterocycles. The van der Waals surface area contributed by atoms with Crippen molar-refractivity contribution in [2.45, 2.75) is 61.2 Å². The molecular formula is C28H29BrFN5O4S. The predicted molar refractivity (Wildman–Crippen MR) is 153 cm³/mol. The molecule has 210 valence electrons. The van der Waals surface area contributed by atoms with E-state index in [9.17, 15) is 22.4 Å². The van der Waals surface area contributed by atoms with E-state index in [1.165, 1.54) is 29.1 Å². The normalized spacial score (nSPS) is 26.2. The predicted octanol–water partition coefficient (Wildman–Crippen LogP) is 4.59. The molecule has 0 aliphatic heterocycles. The molecule has 1 aromatic carbocycles. The summed E-state index contributed by atoms with van der Waals surface area (Å²) >= 11 is 3.46. The van der Waals surface area contributed by atoms with Gasteiger partial charge in [-0.25, -0.2) is 26.6 Å². The van der Waals surface area contributed by atoms with Crippen LogP contribution in [0.4, 0.5) is 4.39 Å². The second kappa shape index (κ2) is 9.69. The molecule has 1 amide bonds. The van der Waals surface area contributed by atoms with Crippen molar-refractivity contribution in [2.75, 3.05) is 0 Å². The Morgan fingerprint density at radius 3 is 2.65 bits per heavy atom. The van der Waals surface area contributed by atoms with Crippen LogP contribution in [0.1, 0.15) is 48.7 Å². The fourth-order valence-corrected chi connectivity index (χ4v) is 7.94. The Kier molecular flexibility index (Phi) is 5.68. The lowest BCUT2D eigenvalue weighted by Crippen LogP contribution is -2.51. The number of fused-ring (bicyclic) bond motifs is 3. The summed E-state index contributed by atoms with van der Waals surface area (Å²) in [4.78, 5) is 30.9. The monoisotopic (exact) mass is 632 g/mol. The molecule has 2 aliphatic rings. The van der Waals surface area contributed by atoms with Crippen LogP contribution in [-0.2, 0) is 21.8 Å². The molecule has 40 heavy (non-hydrogen) atoms. The SMILES string of the molecule is [2H]C([2H])([2H])n1c(=O)n(C2CCC(CC=C)(NC(=O)[C@H]3C[C@H]3F)CC2)c2c3c(Br)cn(S(=O)(=O)c4ccccc4)c3ncc21. The minimum absolute atomic E-state index is 0.0361. The van der Waals surface area contributed by atoms with Crippen LogP contribution in [0.25, 0.3) is 22.1 Å². The summed E-state index contributed by atoms with van der Waals surface area (Å²) < 4.78 is 68.6. The van der Waals surface area contributed by atoms with Crippen LogP contribution < -0.4 is 11.0 Å². The van der Waals surface area contributed by atoms with Crippen LogP contribution in [0.15, 0.2) is 69.5 Å². The summed E-state index contributed by atoms with van der Waals surface area (Å²) in [6.45, 7) is 0.993. The maximum Gasteiger partial charge on any atom is 0.329 e. The lowest BCUT2D eigenvalue weighted by Gasteiger charge is -2.41. The first-order chi connectivity index (χ1) is 20.3. The third-order valence-electron chi connectivity index (χ3n) is 8.12. The maximum absolute atomic E-state index is 13.9. The third kappa shape index (κ3) is 4.23. The van der Waals surface area contributed by atoms with Crippen molar-refractivity contribution in [1.82, 2.24) is 23.4 Å². The first kappa shape index (κ1) is 23.5. The highest BCUT2D eigenvalue weighted by Gasteiger charge is 2.47. The van der Waals surface area contributed by atoms with Gasteiger partial charge in [0.2, 0.25) is 5.91 Å². The van der Waals surface area contributed by atoms with E-state index >= 15 is 0 Å². The van der Waals surface area contributed by atoms with Gasteiger partial charge in [-0.3, -0.25) is 13.9 Å². The number of carbonyl (C=O) groups is 1. The molecule has 1 N–H and O–H groups in total. The Morgan fingerprint density at radius 1 is 1.32 bits per heavy atom. The van der Waals surface area contributed by atoms with Gasteiger partial charge < -0.3 is 5.32 Å². The Balaban J connectivity index is 1.48. The van der Waals surface area contributed by atoms with Crippen LogP contribution in [0.5, 0.6) is 0 Å². The fourth-order valence-electron chi connectivity index (χ4n) is 5.90. The zero-order valence-electron chi connectivity index (χ0n) is 24.4. The van der Waals surface area contributed by atoms with Crippen LogP contribution >= 0.6 is 15.9 Å². The van der Waals surface area contributed by atoms with E-state index in [1.807, 2.05) is 0 Å². The number of benzene rings is 1. The number of amides is 1. The minimum atomic E-state index is -4.08. The topological polar surface area (TPSA) is 108 Å². The Hall–Kier alpha value is -3.25. The van der Waals surface area contributed by atoms with E-state index in [0.717, 1.165) is 3.97 Å². The summed E-state index contributed by atoms with van der Waals surface area (Å²) in [5.41, 5.74) is -1.09. The summed E-state index contributed by atoms with van der Waals surface area (Å²) in [7, 11) is -4.08. The Bertz CT molecular complexity index is 1930. The van der Waals surface area contributed by atoms with Gasteiger partial charge in [-0.05, 0) is 66.6 Å². The molecule has 0 spiro atoms. The van der Waals surface area contributed by atoms with Gasteiger partial charge in [-0.1, -0.05) is 24.3 Å². The van der Waals surface area contributed by atoms with Gasteiger partial charge in [-0.15, -0.1) is 6.58 Å². The summed E-state index contributed by atoms with van der Waals surface area (Å²) in [5.74, 6) is -0.977. The number of nitrogens with zero attached hydrogens (tertiary/aromatic N) is 4. The molecule has 2 aliphatic carbocycles. The number of rotatable bonds is 7. The third-order valence-corrected chi connectivity index (χ3v) is 10.4. The van der Waals surface area contributed by atoms with E-state index in [-0.39, 0.29) is 39.3 Å².